The van der Waals surface area contributed by atoms with Gasteiger partial charge in [-0.05, 0) is 25.0 Å². The summed E-state index contributed by atoms with van der Waals surface area (Å²) in [5.41, 5.74) is 0.893. The van der Waals surface area contributed by atoms with Gasteiger partial charge in [0.25, 0.3) is 0 Å². The molecule has 1 heterocycles. The van der Waals surface area contributed by atoms with Gasteiger partial charge in [-0.25, -0.2) is 0 Å². The van der Waals surface area contributed by atoms with Gasteiger partial charge in [-0.3, -0.25) is 4.79 Å². The number of hydrogen-bond donors (Lipinski definition) is 2. The Hall–Kier alpha value is -1.35. The molecule has 1 aromatic carbocycles. The standard InChI is InChI=1S/C15H22N2O/c1-13-6-5-10-17(12-13)11-9-15(18)16-14-7-3-2-4-8-14/h2-4,7-8,13H,5-6,9-12H2,1H3,(H,16,18)/p+1/t13-/m1/s1. The Morgan fingerprint density at radius 3 is 2.89 bits per heavy atom. The van der Waals surface area contributed by atoms with Crippen LogP contribution in [0.5, 0.6) is 0 Å². The summed E-state index contributed by atoms with van der Waals surface area (Å²) in [4.78, 5) is 13.4. The van der Waals surface area contributed by atoms with Gasteiger partial charge < -0.3 is 10.2 Å². The Bertz CT molecular complexity index is 377. The van der Waals surface area contributed by atoms with Crippen LogP contribution in [-0.2, 0) is 4.79 Å². The molecular weight excluding hydrogens is 224 g/mol. The van der Waals surface area contributed by atoms with E-state index in [1.807, 2.05) is 30.3 Å². The first-order chi connectivity index (χ1) is 8.74. The summed E-state index contributed by atoms with van der Waals surface area (Å²) < 4.78 is 0. The number of amides is 1. The molecule has 3 heteroatoms. The molecule has 0 aliphatic carbocycles. The van der Waals surface area contributed by atoms with E-state index in [0.717, 1.165) is 18.2 Å². The van der Waals surface area contributed by atoms with Crippen molar-refractivity contribution in [3.63, 3.8) is 0 Å². The molecule has 1 aliphatic rings. The van der Waals surface area contributed by atoms with E-state index < -0.39 is 0 Å². The smallest absolute Gasteiger partial charge is 0.230 e. The molecule has 1 amide bonds. The van der Waals surface area contributed by atoms with E-state index >= 15 is 0 Å². The highest BCUT2D eigenvalue weighted by atomic mass is 16.1. The first-order valence-corrected chi connectivity index (χ1v) is 6.92. The van der Waals surface area contributed by atoms with Crippen LogP contribution in [0.3, 0.4) is 0 Å². The van der Waals surface area contributed by atoms with Crippen molar-refractivity contribution < 1.29 is 9.69 Å². The number of nitrogens with one attached hydrogen (secondary N) is 2. The zero-order valence-corrected chi connectivity index (χ0v) is 11.1. The number of carbonyl (C=O) groups is 1. The Morgan fingerprint density at radius 1 is 1.39 bits per heavy atom. The molecule has 1 fully saturated rings. The topological polar surface area (TPSA) is 33.5 Å². The number of likely N-dealkylation sites (tertiary alicyclic amines) is 1. The lowest BCUT2D eigenvalue weighted by atomic mass is 10.0. The number of benzene rings is 1. The van der Waals surface area contributed by atoms with Crippen LogP contribution in [0.15, 0.2) is 30.3 Å². The maximum absolute atomic E-state index is 11.8. The lowest BCUT2D eigenvalue weighted by molar-refractivity contribution is -0.907. The Labute approximate surface area is 109 Å². The van der Waals surface area contributed by atoms with Crippen LogP contribution in [0.25, 0.3) is 0 Å². The maximum atomic E-state index is 11.8. The molecule has 98 valence electrons. The van der Waals surface area contributed by atoms with Crippen LogP contribution in [0, 0.1) is 5.92 Å². The molecule has 0 radical (unpaired) electrons. The Kier molecular flexibility index (Phi) is 4.76. The highest BCUT2D eigenvalue weighted by Crippen LogP contribution is 2.06. The Balaban J connectivity index is 1.71. The molecule has 2 N–H and O–H groups in total. The number of anilines is 1. The van der Waals surface area contributed by atoms with Gasteiger partial charge in [0.15, 0.2) is 0 Å². The number of quaternary nitrogens is 1. The lowest BCUT2D eigenvalue weighted by Gasteiger charge is -2.27. The zero-order chi connectivity index (χ0) is 12.8. The van der Waals surface area contributed by atoms with Crippen molar-refractivity contribution in [2.24, 2.45) is 5.92 Å². The monoisotopic (exact) mass is 247 g/mol. The van der Waals surface area contributed by atoms with Crippen LogP contribution in [0.1, 0.15) is 26.2 Å². The average molecular weight is 247 g/mol. The van der Waals surface area contributed by atoms with Crippen molar-refractivity contribution in [3.8, 4) is 0 Å². The SMILES string of the molecule is C[C@@H]1CCC[NH+](CCC(=O)Nc2ccccc2)C1. The second-order valence-corrected chi connectivity index (χ2v) is 5.37. The van der Waals surface area contributed by atoms with Crippen molar-refractivity contribution in [2.75, 3.05) is 25.0 Å². The summed E-state index contributed by atoms with van der Waals surface area (Å²) in [5.74, 6) is 0.942. The van der Waals surface area contributed by atoms with Gasteiger partial charge in [-0.2, -0.15) is 0 Å². The molecular formula is C15H23N2O+. The van der Waals surface area contributed by atoms with Crippen LogP contribution in [0.4, 0.5) is 5.69 Å². The molecule has 0 spiro atoms. The van der Waals surface area contributed by atoms with E-state index in [-0.39, 0.29) is 5.91 Å². The van der Waals surface area contributed by atoms with Crippen molar-refractivity contribution in [2.45, 2.75) is 26.2 Å². The zero-order valence-electron chi connectivity index (χ0n) is 11.1. The lowest BCUT2D eigenvalue weighted by Crippen LogP contribution is -3.13. The highest BCUT2D eigenvalue weighted by molar-refractivity contribution is 5.90. The third kappa shape index (κ3) is 4.15. The molecule has 0 bridgehead atoms. The van der Waals surface area contributed by atoms with Gasteiger partial charge in [0.2, 0.25) is 5.91 Å². The Morgan fingerprint density at radius 2 is 2.17 bits per heavy atom. The van der Waals surface area contributed by atoms with Crippen LogP contribution in [-0.4, -0.2) is 25.5 Å². The van der Waals surface area contributed by atoms with E-state index in [0.29, 0.717) is 6.42 Å². The second-order valence-electron chi connectivity index (χ2n) is 5.37. The first kappa shape index (κ1) is 13.1. The average Bonchev–Trinajstić information content (AvgIpc) is 2.38. The minimum Gasteiger partial charge on any atom is -0.334 e. The van der Waals surface area contributed by atoms with Crippen molar-refractivity contribution in [1.82, 2.24) is 0 Å². The van der Waals surface area contributed by atoms with Crippen LogP contribution >= 0.6 is 0 Å². The van der Waals surface area contributed by atoms with E-state index in [4.69, 9.17) is 0 Å². The summed E-state index contributed by atoms with van der Waals surface area (Å²) in [6.45, 7) is 5.72. The molecule has 1 saturated heterocycles. The minimum atomic E-state index is 0.131. The molecule has 2 atom stereocenters. The van der Waals surface area contributed by atoms with Crippen LogP contribution in [0.2, 0.25) is 0 Å². The van der Waals surface area contributed by atoms with E-state index in [9.17, 15) is 4.79 Å². The van der Waals surface area contributed by atoms with Gasteiger partial charge in [0.1, 0.15) is 0 Å². The van der Waals surface area contributed by atoms with E-state index in [1.165, 1.54) is 25.9 Å². The number of carbonyl (C=O) groups excluding carboxylic acids is 1. The van der Waals surface area contributed by atoms with Crippen LogP contribution < -0.4 is 10.2 Å². The molecule has 1 aliphatic heterocycles. The molecule has 0 aromatic heterocycles. The first-order valence-electron chi connectivity index (χ1n) is 6.92. The fourth-order valence-corrected chi connectivity index (χ4v) is 2.66. The van der Waals surface area contributed by atoms with Gasteiger partial charge >= 0.3 is 0 Å². The number of hydrogen-bond acceptors (Lipinski definition) is 1. The maximum Gasteiger partial charge on any atom is 0.230 e. The predicted molar refractivity (Wildman–Crippen MR) is 73.7 cm³/mol. The van der Waals surface area contributed by atoms with Gasteiger partial charge in [-0.15, -0.1) is 0 Å². The summed E-state index contributed by atoms with van der Waals surface area (Å²) >= 11 is 0. The predicted octanol–water partition coefficient (Wildman–Crippen LogP) is 1.33. The third-order valence-corrected chi connectivity index (χ3v) is 3.63. The summed E-state index contributed by atoms with van der Waals surface area (Å²) in [7, 11) is 0. The number of piperidine rings is 1. The van der Waals surface area contributed by atoms with Gasteiger partial charge in [0.05, 0.1) is 26.1 Å². The van der Waals surface area contributed by atoms with Crippen molar-refractivity contribution in [3.05, 3.63) is 30.3 Å². The number of rotatable bonds is 4. The third-order valence-electron chi connectivity index (χ3n) is 3.63. The number of para-hydroxylation sites is 1. The fourth-order valence-electron chi connectivity index (χ4n) is 2.66. The summed E-state index contributed by atoms with van der Waals surface area (Å²) in [5, 5.41) is 2.94. The second kappa shape index (κ2) is 6.55. The molecule has 3 nitrogen and oxygen atoms in total. The molecule has 0 saturated carbocycles. The summed E-state index contributed by atoms with van der Waals surface area (Å²) in [6.07, 6.45) is 3.27. The van der Waals surface area contributed by atoms with E-state index in [1.54, 1.807) is 4.90 Å². The fraction of sp³-hybridized carbons (Fsp3) is 0.533. The highest BCUT2D eigenvalue weighted by Gasteiger charge is 2.19. The molecule has 1 aromatic rings. The largest absolute Gasteiger partial charge is 0.334 e. The van der Waals surface area contributed by atoms with E-state index in [2.05, 4.69) is 12.2 Å². The van der Waals surface area contributed by atoms with Crippen molar-refractivity contribution >= 4 is 11.6 Å². The summed E-state index contributed by atoms with van der Waals surface area (Å²) in [6, 6.07) is 9.68. The quantitative estimate of drug-likeness (QED) is 0.827. The normalized spacial score (nSPS) is 23.6. The van der Waals surface area contributed by atoms with Gasteiger partial charge in [-0.1, -0.05) is 25.1 Å². The van der Waals surface area contributed by atoms with Crippen molar-refractivity contribution in [1.29, 1.82) is 0 Å². The van der Waals surface area contributed by atoms with Gasteiger partial charge in [0, 0.05) is 11.6 Å². The molecule has 18 heavy (non-hydrogen) atoms. The molecule has 1 unspecified atom stereocenters. The minimum absolute atomic E-state index is 0.131. The molecule has 2 rings (SSSR count).